The maximum atomic E-state index is 12.8. The van der Waals surface area contributed by atoms with E-state index in [1.807, 2.05) is 24.3 Å². The van der Waals surface area contributed by atoms with Crippen molar-refractivity contribution < 1.29 is 19.4 Å². The van der Waals surface area contributed by atoms with Gasteiger partial charge < -0.3 is 14.7 Å². The minimum Gasteiger partial charge on any atom is -0.479 e. The summed E-state index contributed by atoms with van der Waals surface area (Å²) in [6.07, 6.45) is 0.718. The Morgan fingerprint density at radius 2 is 2.14 bits per heavy atom. The molecule has 1 amide bonds. The van der Waals surface area contributed by atoms with E-state index in [1.165, 1.54) is 0 Å². The van der Waals surface area contributed by atoms with Crippen molar-refractivity contribution in [2.45, 2.75) is 24.4 Å². The van der Waals surface area contributed by atoms with Crippen molar-refractivity contribution in [2.24, 2.45) is 0 Å². The van der Waals surface area contributed by atoms with Gasteiger partial charge in [-0.05, 0) is 30.5 Å². The fourth-order valence-electron chi connectivity index (χ4n) is 2.82. The number of nitrogens with zero attached hydrogens (tertiary/aromatic N) is 1. The first-order valence-corrected chi connectivity index (χ1v) is 7.72. The number of amides is 1. The number of hydrogen-bond donors (Lipinski definition) is 1. The van der Waals surface area contributed by atoms with Gasteiger partial charge in [-0.1, -0.05) is 28.1 Å². The Kier molecular flexibility index (Phi) is 3.75. The lowest BCUT2D eigenvalue weighted by molar-refractivity contribution is -0.160. The molecule has 1 aliphatic carbocycles. The van der Waals surface area contributed by atoms with Crippen LogP contribution in [0.4, 0.5) is 0 Å². The van der Waals surface area contributed by atoms with Crippen LogP contribution in [0.15, 0.2) is 28.7 Å². The molecule has 1 saturated heterocycles. The number of ether oxygens (including phenoxy) is 1. The van der Waals surface area contributed by atoms with Crippen LogP contribution in [0.2, 0.25) is 0 Å². The van der Waals surface area contributed by atoms with E-state index < -0.39 is 17.5 Å². The maximum Gasteiger partial charge on any atom is 0.334 e. The van der Waals surface area contributed by atoms with Gasteiger partial charge in [0.15, 0.2) is 6.10 Å². The highest BCUT2D eigenvalue weighted by molar-refractivity contribution is 9.10. The Balaban J connectivity index is 1.80. The number of carboxylic acids is 1. The van der Waals surface area contributed by atoms with Gasteiger partial charge in [-0.2, -0.15) is 0 Å². The predicted molar refractivity (Wildman–Crippen MR) is 79.0 cm³/mol. The minimum absolute atomic E-state index is 0.0233. The molecule has 1 N–H and O–H groups in total. The molecule has 1 aliphatic heterocycles. The largest absolute Gasteiger partial charge is 0.479 e. The summed E-state index contributed by atoms with van der Waals surface area (Å²) in [5, 5.41) is 9.04. The number of rotatable bonds is 3. The molecular formula is C15H16BrNO4. The van der Waals surface area contributed by atoms with Crippen LogP contribution in [0.1, 0.15) is 18.4 Å². The highest BCUT2D eigenvalue weighted by atomic mass is 79.9. The summed E-state index contributed by atoms with van der Waals surface area (Å²) in [5.41, 5.74) is 0.532. The van der Waals surface area contributed by atoms with E-state index in [1.54, 1.807) is 4.90 Å². The molecule has 0 radical (unpaired) electrons. The number of morpholine rings is 1. The van der Waals surface area contributed by atoms with Crippen LogP contribution in [0.3, 0.4) is 0 Å². The molecule has 3 rings (SSSR count). The fourth-order valence-corrected chi connectivity index (χ4v) is 3.22. The second-order valence-corrected chi connectivity index (χ2v) is 6.46. The molecule has 112 valence electrons. The zero-order chi connectivity index (χ0) is 15.0. The molecule has 0 spiro atoms. The molecule has 1 saturated carbocycles. The highest BCUT2D eigenvalue weighted by Crippen LogP contribution is 2.50. The van der Waals surface area contributed by atoms with Crippen LogP contribution in [-0.4, -0.2) is 47.7 Å². The van der Waals surface area contributed by atoms with Gasteiger partial charge in [0, 0.05) is 11.0 Å². The third-order valence-electron chi connectivity index (χ3n) is 4.17. The van der Waals surface area contributed by atoms with E-state index >= 15 is 0 Å². The Labute approximate surface area is 131 Å². The van der Waals surface area contributed by atoms with Gasteiger partial charge in [-0.3, -0.25) is 4.79 Å². The number of aliphatic carboxylic acids is 1. The summed E-state index contributed by atoms with van der Waals surface area (Å²) in [6, 6.07) is 7.79. The van der Waals surface area contributed by atoms with Gasteiger partial charge in [0.2, 0.25) is 5.91 Å². The average molecular weight is 354 g/mol. The Bertz CT molecular complexity index is 585. The Hall–Kier alpha value is -1.40. The zero-order valence-electron chi connectivity index (χ0n) is 11.4. The molecule has 1 aromatic rings. The summed E-state index contributed by atoms with van der Waals surface area (Å²) in [5.74, 6) is -0.991. The number of halogens is 1. The number of benzene rings is 1. The standard InChI is InChI=1S/C15H16BrNO4/c16-11-3-1-2-10(8-11)15(4-5-15)14(20)17-6-7-21-12(9-17)13(18)19/h1-3,8,12H,4-7,9H2,(H,18,19). The molecule has 1 heterocycles. The summed E-state index contributed by atoms with van der Waals surface area (Å²) >= 11 is 3.43. The summed E-state index contributed by atoms with van der Waals surface area (Å²) < 4.78 is 6.13. The van der Waals surface area contributed by atoms with E-state index in [9.17, 15) is 9.59 Å². The van der Waals surface area contributed by atoms with Crippen molar-refractivity contribution in [1.82, 2.24) is 4.90 Å². The van der Waals surface area contributed by atoms with Gasteiger partial charge in [0.1, 0.15) is 0 Å². The van der Waals surface area contributed by atoms with Crippen LogP contribution in [0.25, 0.3) is 0 Å². The zero-order valence-corrected chi connectivity index (χ0v) is 13.0. The molecule has 21 heavy (non-hydrogen) atoms. The highest BCUT2D eigenvalue weighted by Gasteiger charge is 2.53. The van der Waals surface area contributed by atoms with E-state index in [4.69, 9.17) is 9.84 Å². The Morgan fingerprint density at radius 3 is 2.76 bits per heavy atom. The van der Waals surface area contributed by atoms with Gasteiger partial charge in [0.25, 0.3) is 0 Å². The van der Waals surface area contributed by atoms with E-state index in [-0.39, 0.29) is 19.1 Å². The van der Waals surface area contributed by atoms with Crippen LogP contribution in [-0.2, 0) is 19.7 Å². The third kappa shape index (κ3) is 2.70. The first-order chi connectivity index (χ1) is 10.0. The van der Waals surface area contributed by atoms with Gasteiger partial charge >= 0.3 is 5.97 Å². The van der Waals surface area contributed by atoms with E-state index in [0.29, 0.717) is 6.54 Å². The van der Waals surface area contributed by atoms with Gasteiger partial charge in [-0.15, -0.1) is 0 Å². The topological polar surface area (TPSA) is 66.8 Å². The second kappa shape index (κ2) is 5.42. The SMILES string of the molecule is O=C(O)C1CN(C(=O)C2(c3cccc(Br)c3)CC2)CCO1. The summed E-state index contributed by atoms with van der Waals surface area (Å²) in [7, 11) is 0. The van der Waals surface area contributed by atoms with Gasteiger partial charge in [0.05, 0.1) is 18.6 Å². The average Bonchev–Trinajstić information content (AvgIpc) is 3.28. The van der Waals surface area contributed by atoms with Crippen molar-refractivity contribution in [3.63, 3.8) is 0 Å². The molecule has 1 unspecified atom stereocenters. The molecule has 2 aliphatic rings. The fraction of sp³-hybridized carbons (Fsp3) is 0.467. The van der Waals surface area contributed by atoms with Crippen molar-refractivity contribution in [3.8, 4) is 0 Å². The third-order valence-corrected chi connectivity index (χ3v) is 4.66. The molecule has 6 heteroatoms. The van der Waals surface area contributed by atoms with Crippen molar-refractivity contribution in [1.29, 1.82) is 0 Å². The monoisotopic (exact) mass is 353 g/mol. The minimum atomic E-state index is -1.01. The smallest absolute Gasteiger partial charge is 0.334 e. The van der Waals surface area contributed by atoms with Crippen molar-refractivity contribution >= 4 is 27.8 Å². The molecule has 0 bridgehead atoms. The lowest BCUT2D eigenvalue weighted by Gasteiger charge is -2.33. The maximum absolute atomic E-state index is 12.8. The molecule has 0 aromatic heterocycles. The lowest BCUT2D eigenvalue weighted by Crippen LogP contribution is -2.51. The van der Waals surface area contributed by atoms with E-state index in [0.717, 1.165) is 22.9 Å². The van der Waals surface area contributed by atoms with Crippen LogP contribution >= 0.6 is 15.9 Å². The normalized spacial score (nSPS) is 23.7. The summed E-state index contributed by atoms with van der Waals surface area (Å²) in [4.78, 5) is 25.5. The van der Waals surface area contributed by atoms with Crippen molar-refractivity contribution in [2.75, 3.05) is 19.7 Å². The first kappa shape index (κ1) is 14.5. The number of carbonyl (C=O) groups excluding carboxylic acids is 1. The van der Waals surface area contributed by atoms with E-state index in [2.05, 4.69) is 15.9 Å². The number of carbonyl (C=O) groups is 2. The molecule has 1 atom stereocenters. The number of carboxylic acid groups (broad SMARTS) is 1. The molecule has 1 aromatic carbocycles. The first-order valence-electron chi connectivity index (χ1n) is 6.93. The molecular weight excluding hydrogens is 338 g/mol. The quantitative estimate of drug-likeness (QED) is 0.899. The summed E-state index contributed by atoms with van der Waals surface area (Å²) in [6.45, 7) is 0.861. The number of hydrogen-bond acceptors (Lipinski definition) is 3. The molecule has 5 nitrogen and oxygen atoms in total. The Morgan fingerprint density at radius 1 is 1.38 bits per heavy atom. The molecule has 2 fully saturated rings. The van der Waals surface area contributed by atoms with Crippen LogP contribution < -0.4 is 0 Å². The predicted octanol–water partition coefficient (Wildman–Crippen LogP) is 1.79. The van der Waals surface area contributed by atoms with Gasteiger partial charge in [-0.25, -0.2) is 4.79 Å². The second-order valence-electron chi connectivity index (χ2n) is 5.54. The lowest BCUT2D eigenvalue weighted by atomic mass is 9.94. The van der Waals surface area contributed by atoms with Crippen molar-refractivity contribution in [3.05, 3.63) is 34.3 Å². The van der Waals surface area contributed by atoms with Crippen LogP contribution in [0, 0.1) is 0 Å². The van der Waals surface area contributed by atoms with Crippen LogP contribution in [0.5, 0.6) is 0 Å².